The van der Waals surface area contributed by atoms with Crippen LogP contribution in [0.15, 0.2) is 182 Å². The summed E-state index contributed by atoms with van der Waals surface area (Å²) in [6, 6.07) is 67.0. The molecule has 0 fully saturated rings. The molecule has 1 aliphatic rings. The first kappa shape index (κ1) is 27.3. The van der Waals surface area contributed by atoms with Crippen LogP contribution in [0.1, 0.15) is 0 Å². The van der Waals surface area contributed by atoms with Crippen molar-refractivity contribution in [3.63, 3.8) is 0 Å². The third-order valence-corrected chi connectivity index (χ3v) is 10.6. The minimum Gasteiger partial charge on any atom is -0.309 e. The first-order valence-corrected chi connectivity index (χ1v) is 17.3. The maximum Gasteiger partial charge on any atom is 0.0626 e. The monoisotopic (exact) mass is 634 g/mol. The molecule has 0 saturated heterocycles. The molecule has 1 aliphatic carbocycles. The maximum absolute atomic E-state index is 2.50. The number of benzene rings is 8. The summed E-state index contributed by atoms with van der Waals surface area (Å²) >= 11 is 0. The molecule has 0 aliphatic heterocycles. The van der Waals surface area contributed by atoms with E-state index in [0.29, 0.717) is 0 Å². The second-order valence-electron chi connectivity index (χ2n) is 13.3. The van der Waals surface area contributed by atoms with Gasteiger partial charge >= 0.3 is 0 Å². The van der Waals surface area contributed by atoms with E-state index in [9.17, 15) is 0 Å². The molecule has 0 radical (unpaired) electrons. The molecule has 11 rings (SSSR count). The predicted octanol–water partition coefficient (Wildman–Crippen LogP) is 12.9. The average molecular weight is 635 g/mol. The fourth-order valence-electron chi connectivity index (χ4n) is 8.52. The summed E-state index contributed by atoms with van der Waals surface area (Å²) in [7, 11) is 0. The molecule has 8 aromatic carbocycles. The van der Waals surface area contributed by atoms with Crippen molar-refractivity contribution >= 4 is 43.4 Å². The Morgan fingerprint density at radius 2 is 0.640 bits per heavy atom. The number of aromatic nitrogens is 2. The van der Waals surface area contributed by atoms with E-state index >= 15 is 0 Å². The highest BCUT2D eigenvalue weighted by molar-refractivity contribution is 6.17. The molecular formula is C48H30N2. The highest BCUT2D eigenvalue weighted by atomic mass is 15.0. The topological polar surface area (TPSA) is 9.86 Å². The van der Waals surface area contributed by atoms with E-state index in [2.05, 4.69) is 191 Å². The van der Waals surface area contributed by atoms with Gasteiger partial charge in [-0.2, -0.15) is 0 Å². The Balaban J connectivity index is 1.34. The molecule has 0 bridgehead atoms. The zero-order chi connectivity index (χ0) is 32.8. The number of hydrogen-bond acceptors (Lipinski definition) is 0. The van der Waals surface area contributed by atoms with Crippen LogP contribution in [-0.4, -0.2) is 9.13 Å². The van der Waals surface area contributed by atoms with Crippen LogP contribution in [0.25, 0.3) is 99.5 Å². The minimum absolute atomic E-state index is 1.16. The van der Waals surface area contributed by atoms with Gasteiger partial charge in [0.05, 0.1) is 22.4 Å². The van der Waals surface area contributed by atoms with E-state index in [1.165, 1.54) is 88.1 Å². The number of para-hydroxylation sites is 2. The number of fused-ring (bicyclic) bond motifs is 14. The van der Waals surface area contributed by atoms with E-state index in [1.54, 1.807) is 0 Å². The van der Waals surface area contributed by atoms with Crippen LogP contribution in [0.3, 0.4) is 0 Å². The normalized spacial score (nSPS) is 12.0. The number of hydrogen-bond donors (Lipinski definition) is 0. The van der Waals surface area contributed by atoms with Crippen molar-refractivity contribution in [3.05, 3.63) is 182 Å². The summed E-state index contributed by atoms with van der Waals surface area (Å²) < 4.78 is 5.00. The first-order chi connectivity index (χ1) is 24.8. The summed E-state index contributed by atoms with van der Waals surface area (Å²) in [6.07, 6.45) is 0. The van der Waals surface area contributed by atoms with Crippen molar-refractivity contribution in [1.82, 2.24) is 9.13 Å². The third kappa shape index (κ3) is 3.79. The van der Waals surface area contributed by atoms with Gasteiger partial charge < -0.3 is 9.13 Å². The SMILES string of the molecule is c1ccc2c(c1)-c1c(n(-c3ccc4ccccc4c3)c3ccccc13)-c1ccccc1-c1c-2c2ccccc2n1-c1ccc2ccccc2c1. The second-order valence-corrected chi connectivity index (χ2v) is 13.3. The smallest absolute Gasteiger partial charge is 0.0626 e. The molecule has 10 aromatic rings. The van der Waals surface area contributed by atoms with Crippen molar-refractivity contribution in [3.8, 4) is 56.1 Å². The first-order valence-electron chi connectivity index (χ1n) is 17.3. The molecule has 2 heteroatoms. The van der Waals surface area contributed by atoms with Crippen molar-refractivity contribution in [2.45, 2.75) is 0 Å². The van der Waals surface area contributed by atoms with Crippen molar-refractivity contribution in [2.75, 3.05) is 0 Å². The Hall–Kier alpha value is -6.64. The Bertz CT molecular complexity index is 2790. The van der Waals surface area contributed by atoms with Crippen molar-refractivity contribution in [2.24, 2.45) is 0 Å². The summed E-state index contributed by atoms with van der Waals surface area (Å²) in [5.41, 5.74) is 14.6. The van der Waals surface area contributed by atoms with Crippen LogP contribution in [0.4, 0.5) is 0 Å². The van der Waals surface area contributed by atoms with Gasteiger partial charge in [0.15, 0.2) is 0 Å². The molecule has 0 N–H and O–H groups in total. The van der Waals surface area contributed by atoms with Gasteiger partial charge in [-0.05, 0) is 69.1 Å². The van der Waals surface area contributed by atoms with Gasteiger partial charge in [-0.25, -0.2) is 0 Å². The summed E-state index contributed by atoms with van der Waals surface area (Å²) in [5, 5.41) is 7.44. The lowest BCUT2D eigenvalue weighted by atomic mass is 9.84. The van der Waals surface area contributed by atoms with Crippen LogP contribution in [0.5, 0.6) is 0 Å². The molecule has 0 spiro atoms. The van der Waals surface area contributed by atoms with Crippen LogP contribution in [-0.2, 0) is 0 Å². The van der Waals surface area contributed by atoms with Crippen LogP contribution >= 0.6 is 0 Å². The molecule has 0 saturated carbocycles. The van der Waals surface area contributed by atoms with Crippen molar-refractivity contribution < 1.29 is 0 Å². The molecule has 50 heavy (non-hydrogen) atoms. The summed E-state index contributed by atoms with van der Waals surface area (Å²) in [4.78, 5) is 0. The zero-order valence-corrected chi connectivity index (χ0v) is 27.2. The molecule has 0 unspecified atom stereocenters. The van der Waals surface area contributed by atoms with Gasteiger partial charge in [-0.3, -0.25) is 0 Å². The van der Waals surface area contributed by atoms with Gasteiger partial charge in [-0.1, -0.05) is 146 Å². The van der Waals surface area contributed by atoms with Crippen LogP contribution < -0.4 is 0 Å². The fourth-order valence-corrected chi connectivity index (χ4v) is 8.52. The number of rotatable bonds is 2. The van der Waals surface area contributed by atoms with E-state index in [4.69, 9.17) is 0 Å². The second kappa shape index (κ2) is 10.4. The lowest BCUT2D eigenvalue weighted by Crippen LogP contribution is -2.04. The van der Waals surface area contributed by atoms with Crippen molar-refractivity contribution in [1.29, 1.82) is 0 Å². The Morgan fingerprint density at radius 3 is 1.10 bits per heavy atom. The lowest BCUT2D eigenvalue weighted by Gasteiger charge is -2.23. The van der Waals surface area contributed by atoms with E-state index in [1.807, 2.05) is 0 Å². The molecule has 2 aromatic heterocycles. The molecule has 2 heterocycles. The van der Waals surface area contributed by atoms with Gasteiger partial charge in [0.25, 0.3) is 0 Å². The molecule has 232 valence electrons. The molecule has 0 amide bonds. The largest absolute Gasteiger partial charge is 0.309 e. The third-order valence-electron chi connectivity index (χ3n) is 10.6. The highest BCUT2D eigenvalue weighted by Crippen LogP contribution is 2.54. The van der Waals surface area contributed by atoms with E-state index < -0.39 is 0 Å². The van der Waals surface area contributed by atoms with Crippen LogP contribution in [0.2, 0.25) is 0 Å². The van der Waals surface area contributed by atoms with Gasteiger partial charge in [0, 0.05) is 44.4 Å². The lowest BCUT2D eigenvalue weighted by molar-refractivity contribution is 1.12. The maximum atomic E-state index is 2.50. The van der Waals surface area contributed by atoms with Crippen LogP contribution in [0, 0.1) is 0 Å². The highest BCUT2D eigenvalue weighted by Gasteiger charge is 2.31. The molecule has 2 nitrogen and oxygen atoms in total. The van der Waals surface area contributed by atoms with E-state index in [0.717, 1.165) is 11.4 Å². The Labute approximate surface area is 289 Å². The summed E-state index contributed by atoms with van der Waals surface area (Å²) in [6.45, 7) is 0. The average Bonchev–Trinajstić information content (AvgIpc) is 3.70. The quantitative estimate of drug-likeness (QED) is 0.179. The number of nitrogens with zero attached hydrogens (tertiary/aromatic N) is 2. The van der Waals surface area contributed by atoms with Gasteiger partial charge in [0.2, 0.25) is 0 Å². The fraction of sp³-hybridized carbons (Fsp3) is 0. The van der Waals surface area contributed by atoms with Gasteiger partial charge in [0.1, 0.15) is 0 Å². The molecular weight excluding hydrogens is 605 g/mol. The van der Waals surface area contributed by atoms with E-state index in [-0.39, 0.29) is 0 Å². The summed E-state index contributed by atoms with van der Waals surface area (Å²) in [5.74, 6) is 0. The Kier molecular flexibility index (Phi) is 5.70. The predicted molar refractivity (Wildman–Crippen MR) is 210 cm³/mol. The standard InChI is InChI=1S/C48H30N2/c1-3-15-33-29-35(27-25-31(33)13-1)49-43-23-11-9-21-41(43)45-37-17-5-6-18-38(37)46-42-22-10-12-24-44(42)50(36-28-26-32-14-2-4-16-34(32)30-36)48(46)40-20-8-7-19-39(40)47(45)49/h1-30H. The zero-order valence-electron chi connectivity index (χ0n) is 27.2. The Morgan fingerprint density at radius 1 is 0.280 bits per heavy atom. The van der Waals surface area contributed by atoms with Gasteiger partial charge in [-0.15, -0.1) is 0 Å². The molecule has 0 atom stereocenters. The minimum atomic E-state index is 1.16.